The maximum absolute atomic E-state index is 12.1. The molecule has 0 unspecified atom stereocenters. The summed E-state index contributed by atoms with van der Waals surface area (Å²) in [4.78, 5) is 3.93. The van der Waals surface area contributed by atoms with Crippen LogP contribution in [0.4, 0.5) is 13.2 Å². The van der Waals surface area contributed by atoms with Crippen molar-refractivity contribution in [1.82, 2.24) is 4.98 Å². The number of halogens is 3. The Hall–Kier alpha value is -1.97. The summed E-state index contributed by atoms with van der Waals surface area (Å²) in [5.41, 5.74) is 0.435. The molecule has 0 aliphatic carbocycles. The normalized spacial score (nSPS) is 10.8. The second-order valence-corrected chi connectivity index (χ2v) is 3.12. The van der Waals surface area contributed by atoms with Gasteiger partial charge in [0.2, 0.25) is 0 Å². The van der Waals surface area contributed by atoms with E-state index in [1.807, 2.05) is 0 Å². The third-order valence-electron chi connectivity index (χ3n) is 1.81. The quantitative estimate of drug-likeness (QED) is 0.821. The summed E-state index contributed by atoms with van der Waals surface area (Å²) in [5, 5.41) is 8.55. The molecule has 0 aliphatic rings. The first kappa shape index (κ1) is 13.1. The van der Waals surface area contributed by atoms with Crippen LogP contribution in [0.25, 0.3) is 0 Å². The molecule has 0 fully saturated rings. The fourth-order valence-electron chi connectivity index (χ4n) is 1.31. The van der Waals surface area contributed by atoms with Crippen LogP contribution < -0.4 is 9.47 Å². The first-order valence-corrected chi connectivity index (χ1v) is 4.54. The molecule has 1 aromatic rings. The molecule has 0 atom stereocenters. The zero-order valence-electron chi connectivity index (χ0n) is 9.13. The number of ether oxygens (including phenoxy) is 2. The van der Waals surface area contributed by atoms with Crippen molar-refractivity contribution in [1.29, 1.82) is 5.26 Å². The molecule has 0 spiro atoms. The molecule has 1 aromatic heterocycles. The lowest BCUT2D eigenvalue weighted by Crippen LogP contribution is -2.18. The lowest BCUT2D eigenvalue weighted by molar-refractivity contribution is -0.275. The third kappa shape index (κ3) is 3.52. The average molecular weight is 246 g/mol. The van der Waals surface area contributed by atoms with Crippen LogP contribution in [0.5, 0.6) is 11.5 Å². The van der Waals surface area contributed by atoms with Crippen molar-refractivity contribution in [3.8, 4) is 17.6 Å². The summed E-state index contributed by atoms with van der Waals surface area (Å²) < 4.78 is 45.0. The Morgan fingerprint density at radius 3 is 2.59 bits per heavy atom. The highest BCUT2D eigenvalue weighted by Crippen LogP contribution is 2.34. The number of hydrogen-bond donors (Lipinski definition) is 0. The molecular formula is C10H9F3N2O2. The number of rotatable bonds is 3. The van der Waals surface area contributed by atoms with E-state index in [1.165, 1.54) is 14.0 Å². The predicted molar refractivity (Wildman–Crippen MR) is 51.5 cm³/mol. The van der Waals surface area contributed by atoms with Gasteiger partial charge in [0.25, 0.3) is 0 Å². The number of aromatic nitrogens is 1. The van der Waals surface area contributed by atoms with Crippen molar-refractivity contribution in [3.63, 3.8) is 0 Å². The highest BCUT2D eigenvalue weighted by molar-refractivity contribution is 5.45. The average Bonchev–Trinajstić information content (AvgIpc) is 2.15. The zero-order valence-corrected chi connectivity index (χ0v) is 9.13. The Kier molecular flexibility index (Phi) is 3.78. The van der Waals surface area contributed by atoms with Crippen LogP contribution in [0.2, 0.25) is 0 Å². The van der Waals surface area contributed by atoms with Crippen molar-refractivity contribution in [2.75, 3.05) is 7.11 Å². The summed E-state index contributed by atoms with van der Waals surface area (Å²) in [5.74, 6) is -0.660. The molecule has 0 saturated heterocycles. The van der Waals surface area contributed by atoms with Gasteiger partial charge in [-0.15, -0.1) is 13.2 Å². The van der Waals surface area contributed by atoms with Gasteiger partial charge < -0.3 is 9.47 Å². The number of nitrogens with zero attached hydrogens (tertiary/aromatic N) is 2. The minimum absolute atomic E-state index is 0.120. The Bertz CT molecular complexity index is 452. The highest BCUT2D eigenvalue weighted by Gasteiger charge is 2.33. The smallest absolute Gasteiger partial charge is 0.491 e. The fourth-order valence-corrected chi connectivity index (χ4v) is 1.31. The highest BCUT2D eigenvalue weighted by atomic mass is 19.4. The number of pyridine rings is 1. The fraction of sp³-hybridized carbons (Fsp3) is 0.400. The molecular weight excluding hydrogens is 237 g/mol. The van der Waals surface area contributed by atoms with E-state index in [1.54, 1.807) is 6.07 Å². The molecule has 1 heterocycles. The summed E-state index contributed by atoms with van der Waals surface area (Å²) in [6, 6.07) is 2.90. The van der Waals surface area contributed by atoms with Crippen molar-refractivity contribution in [3.05, 3.63) is 17.5 Å². The predicted octanol–water partition coefficient (Wildman–Crippen LogP) is 2.36. The Balaban J connectivity index is 3.24. The van der Waals surface area contributed by atoms with Crippen molar-refractivity contribution >= 4 is 0 Å². The van der Waals surface area contributed by atoms with Crippen LogP contribution in [0.15, 0.2) is 6.07 Å². The largest absolute Gasteiger partial charge is 0.573 e. The van der Waals surface area contributed by atoms with Crippen LogP contribution in [0.1, 0.15) is 11.4 Å². The van der Waals surface area contributed by atoms with E-state index in [0.29, 0.717) is 5.69 Å². The van der Waals surface area contributed by atoms with E-state index in [2.05, 4.69) is 9.72 Å². The number of methoxy groups -OCH3 is 1. The minimum atomic E-state index is -4.81. The minimum Gasteiger partial charge on any atom is -0.491 e. The van der Waals surface area contributed by atoms with Crippen LogP contribution in [0.3, 0.4) is 0 Å². The van der Waals surface area contributed by atoms with Crippen molar-refractivity contribution in [2.24, 2.45) is 0 Å². The summed E-state index contributed by atoms with van der Waals surface area (Å²) >= 11 is 0. The van der Waals surface area contributed by atoms with E-state index < -0.39 is 12.1 Å². The molecule has 0 N–H and O–H groups in total. The zero-order chi connectivity index (χ0) is 13.1. The molecule has 0 amide bonds. The van der Waals surface area contributed by atoms with Gasteiger partial charge in [-0.2, -0.15) is 5.26 Å². The van der Waals surface area contributed by atoms with Crippen LogP contribution in [0, 0.1) is 18.3 Å². The van der Waals surface area contributed by atoms with Crippen molar-refractivity contribution < 1.29 is 22.6 Å². The second kappa shape index (κ2) is 4.91. The van der Waals surface area contributed by atoms with Gasteiger partial charge in [0.05, 0.1) is 19.6 Å². The van der Waals surface area contributed by atoms with E-state index >= 15 is 0 Å². The lowest BCUT2D eigenvalue weighted by atomic mass is 10.2. The van der Waals surface area contributed by atoms with Crippen LogP contribution in [-0.4, -0.2) is 18.5 Å². The standard InChI is InChI=1S/C10H9F3N2O2/c1-6-5-8(17-10(11,12)13)9(16-2)7(15-6)3-4-14/h5H,3H2,1-2H3. The second-order valence-electron chi connectivity index (χ2n) is 3.12. The lowest BCUT2D eigenvalue weighted by Gasteiger charge is -2.14. The molecule has 0 radical (unpaired) electrons. The van der Waals surface area contributed by atoms with Crippen molar-refractivity contribution in [2.45, 2.75) is 19.7 Å². The van der Waals surface area contributed by atoms with Gasteiger partial charge in [0.1, 0.15) is 5.69 Å². The summed E-state index contributed by atoms with van der Waals surface area (Å²) in [6.45, 7) is 1.50. The first-order valence-electron chi connectivity index (χ1n) is 4.54. The maximum Gasteiger partial charge on any atom is 0.573 e. The molecule has 92 valence electrons. The van der Waals surface area contributed by atoms with Gasteiger partial charge in [-0.3, -0.25) is 4.98 Å². The SMILES string of the molecule is COc1c(OC(F)(F)F)cc(C)nc1CC#N. The number of nitriles is 1. The van der Waals surface area contributed by atoms with E-state index in [0.717, 1.165) is 6.07 Å². The molecule has 4 nitrogen and oxygen atoms in total. The Morgan fingerprint density at radius 2 is 2.12 bits per heavy atom. The maximum atomic E-state index is 12.1. The van der Waals surface area contributed by atoms with Crippen LogP contribution in [-0.2, 0) is 6.42 Å². The first-order chi connectivity index (χ1) is 7.87. The molecule has 0 aromatic carbocycles. The van der Waals surface area contributed by atoms with Gasteiger partial charge in [0, 0.05) is 11.8 Å². The van der Waals surface area contributed by atoms with Gasteiger partial charge in [0.15, 0.2) is 11.5 Å². The summed E-state index contributed by atoms with van der Waals surface area (Å²) in [6.07, 6.45) is -4.97. The Labute approximate surface area is 95.6 Å². The van der Waals surface area contributed by atoms with Gasteiger partial charge in [-0.1, -0.05) is 0 Å². The van der Waals surface area contributed by atoms with Gasteiger partial charge >= 0.3 is 6.36 Å². The molecule has 0 aliphatic heterocycles. The Morgan fingerprint density at radius 1 is 1.47 bits per heavy atom. The monoisotopic (exact) mass is 246 g/mol. The third-order valence-corrected chi connectivity index (χ3v) is 1.81. The number of alkyl halides is 3. The summed E-state index contributed by atoms with van der Waals surface area (Å²) in [7, 11) is 1.19. The number of hydrogen-bond acceptors (Lipinski definition) is 4. The van der Waals surface area contributed by atoms with Gasteiger partial charge in [-0.25, -0.2) is 0 Å². The van der Waals surface area contributed by atoms with E-state index in [-0.39, 0.29) is 17.9 Å². The number of aryl methyl sites for hydroxylation is 1. The molecule has 17 heavy (non-hydrogen) atoms. The van der Waals surface area contributed by atoms with Crippen LogP contribution >= 0.6 is 0 Å². The molecule has 0 saturated carbocycles. The van der Waals surface area contributed by atoms with E-state index in [9.17, 15) is 13.2 Å². The van der Waals surface area contributed by atoms with Gasteiger partial charge in [-0.05, 0) is 6.92 Å². The molecule has 1 rings (SSSR count). The van der Waals surface area contributed by atoms with E-state index in [4.69, 9.17) is 10.00 Å². The molecule has 7 heteroatoms. The topological polar surface area (TPSA) is 55.1 Å². The molecule has 0 bridgehead atoms.